The fraction of sp³-hybridized carbons (Fsp3) is 0.562. The first kappa shape index (κ1) is 19.5. The normalized spacial score (nSPS) is 12.5. The van der Waals surface area contributed by atoms with Gasteiger partial charge in [-0.15, -0.1) is 0 Å². The Hall–Kier alpha value is -1.49. The van der Waals surface area contributed by atoms with Crippen molar-refractivity contribution in [1.82, 2.24) is 0 Å². The van der Waals surface area contributed by atoms with Gasteiger partial charge in [-0.3, -0.25) is 4.79 Å². The van der Waals surface area contributed by atoms with Crippen LogP contribution in [-0.4, -0.2) is 17.5 Å². The first-order chi connectivity index (χ1) is 9.63. The standard InChI is InChI=1S/C8H9F2N.C8H16O2/c9-8(10)7(11)6-4-2-1-3-5-6;1-8(2,3)6-4-5-7(9)10/h1-5,7-8H,11H2;4-6H2,1-3H3,(H,9,10)/t7-;/m1./s1. The van der Waals surface area contributed by atoms with Crippen LogP contribution in [0.5, 0.6) is 0 Å². The van der Waals surface area contributed by atoms with Gasteiger partial charge in [-0.05, 0) is 23.8 Å². The molecular formula is C16H25F2NO2. The second kappa shape index (κ2) is 9.45. The molecule has 3 nitrogen and oxygen atoms in total. The highest BCUT2D eigenvalue weighted by Gasteiger charge is 2.16. The molecule has 120 valence electrons. The van der Waals surface area contributed by atoms with Crippen LogP contribution in [0, 0.1) is 5.41 Å². The van der Waals surface area contributed by atoms with Crippen LogP contribution in [0.25, 0.3) is 0 Å². The molecule has 1 atom stereocenters. The van der Waals surface area contributed by atoms with Crippen LogP contribution in [0.3, 0.4) is 0 Å². The fourth-order valence-corrected chi connectivity index (χ4v) is 1.59. The highest BCUT2D eigenvalue weighted by atomic mass is 19.3. The van der Waals surface area contributed by atoms with Crippen molar-refractivity contribution in [3.63, 3.8) is 0 Å². The number of carboxylic acids is 1. The molecule has 21 heavy (non-hydrogen) atoms. The minimum Gasteiger partial charge on any atom is -0.481 e. The number of benzene rings is 1. The summed E-state index contributed by atoms with van der Waals surface area (Å²) in [6.45, 7) is 6.36. The summed E-state index contributed by atoms with van der Waals surface area (Å²) in [7, 11) is 0. The number of hydrogen-bond donors (Lipinski definition) is 2. The number of alkyl halides is 2. The van der Waals surface area contributed by atoms with E-state index in [9.17, 15) is 13.6 Å². The molecule has 0 aromatic heterocycles. The van der Waals surface area contributed by atoms with Crippen molar-refractivity contribution in [2.45, 2.75) is 52.5 Å². The summed E-state index contributed by atoms with van der Waals surface area (Å²) in [5.74, 6) is -0.691. The van der Waals surface area contributed by atoms with Gasteiger partial charge in [-0.25, -0.2) is 8.78 Å². The molecule has 0 saturated carbocycles. The van der Waals surface area contributed by atoms with E-state index < -0.39 is 18.4 Å². The Morgan fingerprint density at radius 3 is 2.14 bits per heavy atom. The van der Waals surface area contributed by atoms with E-state index in [1.807, 2.05) is 0 Å². The average molecular weight is 301 g/mol. The van der Waals surface area contributed by atoms with Gasteiger partial charge in [-0.1, -0.05) is 51.1 Å². The van der Waals surface area contributed by atoms with E-state index in [2.05, 4.69) is 20.8 Å². The second-order valence-corrected chi connectivity index (χ2v) is 6.08. The van der Waals surface area contributed by atoms with E-state index in [1.54, 1.807) is 30.3 Å². The van der Waals surface area contributed by atoms with Crippen molar-refractivity contribution in [3.8, 4) is 0 Å². The molecule has 0 aliphatic rings. The van der Waals surface area contributed by atoms with E-state index in [0.29, 0.717) is 12.0 Å². The summed E-state index contributed by atoms with van der Waals surface area (Å²) < 4.78 is 24.0. The predicted octanol–water partition coefficient (Wildman–Crippen LogP) is 4.24. The lowest BCUT2D eigenvalue weighted by Crippen LogP contribution is -2.18. The van der Waals surface area contributed by atoms with Gasteiger partial charge in [0.25, 0.3) is 6.43 Å². The zero-order chi connectivity index (χ0) is 16.5. The molecular weight excluding hydrogens is 276 g/mol. The SMILES string of the molecule is CC(C)(C)CCCC(=O)O.N[C@H](c1ccccc1)C(F)F. The molecule has 5 heteroatoms. The van der Waals surface area contributed by atoms with Crippen LogP contribution in [0.15, 0.2) is 30.3 Å². The molecule has 0 aliphatic carbocycles. The van der Waals surface area contributed by atoms with Gasteiger partial charge >= 0.3 is 5.97 Å². The Morgan fingerprint density at radius 1 is 1.24 bits per heavy atom. The van der Waals surface area contributed by atoms with E-state index in [1.165, 1.54) is 0 Å². The monoisotopic (exact) mass is 301 g/mol. The highest BCUT2D eigenvalue weighted by Crippen LogP contribution is 2.21. The number of rotatable bonds is 5. The van der Waals surface area contributed by atoms with Gasteiger partial charge in [0.15, 0.2) is 0 Å². The van der Waals surface area contributed by atoms with Gasteiger partial charge in [0.2, 0.25) is 0 Å². The van der Waals surface area contributed by atoms with Crippen LogP contribution >= 0.6 is 0 Å². The lowest BCUT2D eigenvalue weighted by atomic mass is 9.90. The molecule has 0 heterocycles. The average Bonchev–Trinajstić information content (AvgIpc) is 2.37. The molecule has 0 unspecified atom stereocenters. The van der Waals surface area contributed by atoms with E-state index in [0.717, 1.165) is 12.8 Å². The maximum absolute atomic E-state index is 12.0. The summed E-state index contributed by atoms with van der Waals surface area (Å²) in [4.78, 5) is 10.1. The first-order valence-corrected chi connectivity index (χ1v) is 6.94. The summed E-state index contributed by atoms with van der Waals surface area (Å²) in [5.41, 5.74) is 5.94. The highest BCUT2D eigenvalue weighted by molar-refractivity contribution is 5.66. The number of carboxylic acid groups (broad SMARTS) is 1. The van der Waals surface area contributed by atoms with Crippen molar-refractivity contribution in [2.24, 2.45) is 11.1 Å². The summed E-state index contributed by atoms with van der Waals surface area (Å²) in [5, 5.41) is 8.31. The van der Waals surface area contributed by atoms with Gasteiger partial charge in [0.1, 0.15) is 0 Å². The van der Waals surface area contributed by atoms with Crippen LogP contribution in [0.4, 0.5) is 8.78 Å². The van der Waals surface area contributed by atoms with Gasteiger partial charge in [0.05, 0.1) is 6.04 Å². The lowest BCUT2D eigenvalue weighted by molar-refractivity contribution is -0.137. The topological polar surface area (TPSA) is 63.3 Å². The molecule has 0 spiro atoms. The lowest BCUT2D eigenvalue weighted by Gasteiger charge is -2.16. The van der Waals surface area contributed by atoms with Crippen molar-refractivity contribution in [2.75, 3.05) is 0 Å². The zero-order valence-electron chi connectivity index (χ0n) is 12.9. The van der Waals surface area contributed by atoms with Crippen molar-refractivity contribution >= 4 is 5.97 Å². The van der Waals surface area contributed by atoms with Gasteiger partial charge in [-0.2, -0.15) is 0 Å². The summed E-state index contributed by atoms with van der Waals surface area (Å²) in [6, 6.07) is 7.18. The molecule has 0 saturated heterocycles. The van der Waals surface area contributed by atoms with Crippen molar-refractivity contribution in [1.29, 1.82) is 0 Å². The molecule has 0 fully saturated rings. The van der Waals surface area contributed by atoms with Crippen molar-refractivity contribution in [3.05, 3.63) is 35.9 Å². The minimum atomic E-state index is -2.49. The Kier molecular flexibility index (Phi) is 8.78. The van der Waals surface area contributed by atoms with Crippen LogP contribution in [0.2, 0.25) is 0 Å². The summed E-state index contributed by atoms with van der Waals surface area (Å²) >= 11 is 0. The van der Waals surface area contributed by atoms with Crippen LogP contribution in [0.1, 0.15) is 51.6 Å². The smallest absolute Gasteiger partial charge is 0.303 e. The van der Waals surface area contributed by atoms with E-state index in [4.69, 9.17) is 10.8 Å². The number of nitrogens with two attached hydrogens (primary N) is 1. The molecule has 1 aromatic carbocycles. The molecule has 0 bridgehead atoms. The van der Waals surface area contributed by atoms with E-state index >= 15 is 0 Å². The maximum atomic E-state index is 12.0. The quantitative estimate of drug-likeness (QED) is 0.855. The summed E-state index contributed by atoms with van der Waals surface area (Å²) in [6.07, 6.45) is -0.410. The largest absolute Gasteiger partial charge is 0.481 e. The number of halogens is 2. The maximum Gasteiger partial charge on any atom is 0.303 e. The Morgan fingerprint density at radius 2 is 1.76 bits per heavy atom. The number of carbonyl (C=O) groups is 1. The zero-order valence-corrected chi connectivity index (χ0v) is 12.9. The minimum absolute atomic E-state index is 0.273. The third-order valence-electron chi connectivity index (χ3n) is 2.77. The third-order valence-corrected chi connectivity index (χ3v) is 2.77. The third kappa shape index (κ3) is 10.9. The molecule has 0 aliphatic heterocycles. The first-order valence-electron chi connectivity index (χ1n) is 6.94. The van der Waals surface area contributed by atoms with Crippen LogP contribution < -0.4 is 5.73 Å². The van der Waals surface area contributed by atoms with Crippen LogP contribution in [-0.2, 0) is 4.79 Å². The number of aliphatic carboxylic acids is 1. The Labute approximate surface area is 125 Å². The second-order valence-electron chi connectivity index (χ2n) is 6.08. The van der Waals surface area contributed by atoms with Gasteiger partial charge in [0, 0.05) is 6.42 Å². The van der Waals surface area contributed by atoms with Gasteiger partial charge < -0.3 is 10.8 Å². The molecule has 0 radical (unpaired) electrons. The molecule has 3 N–H and O–H groups in total. The Bertz CT molecular complexity index is 402. The Balaban J connectivity index is 0.000000384. The predicted molar refractivity (Wildman–Crippen MR) is 80.3 cm³/mol. The fourth-order valence-electron chi connectivity index (χ4n) is 1.59. The molecule has 1 aromatic rings. The van der Waals surface area contributed by atoms with E-state index in [-0.39, 0.29) is 5.41 Å². The molecule has 1 rings (SSSR count). The van der Waals surface area contributed by atoms with Crippen molar-refractivity contribution < 1.29 is 18.7 Å². The number of hydrogen-bond acceptors (Lipinski definition) is 2. The molecule has 0 amide bonds.